The van der Waals surface area contributed by atoms with E-state index >= 15 is 0 Å². The number of hydrogen-bond donors (Lipinski definition) is 1. The van der Waals surface area contributed by atoms with E-state index in [2.05, 4.69) is 5.32 Å². The number of ether oxygens (including phenoxy) is 1. The summed E-state index contributed by atoms with van der Waals surface area (Å²) in [7, 11) is -3.82. The van der Waals surface area contributed by atoms with Gasteiger partial charge in [0.1, 0.15) is 0 Å². The Balaban J connectivity index is 1.54. The molecule has 162 valence electrons. The third-order valence-electron chi connectivity index (χ3n) is 5.88. The van der Waals surface area contributed by atoms with Crippen LogP contribution in [0, 0.1) is 11.8 Å². The number of amides is 1. The Morgan fingerprint density at radius 2 is 1.72 bits per heavy atom. The fraction of sp³-hybridized carbons (Fsp3) is 0.650. The van der Waals surface area contributed by atoms with Gasteiger partial charge in [-0.2, -0.15) is 13.2 Å². The Bertz CT molecular complexity index is 811. The molecular weight excluding hydrogens is 407 g/mol. The van der Waals surface area contributed by atoms with Gasteiger partial charge in [-0.25, -0.2) is 8.42 Å². The van der Waals surface area contributed by atoms with Crippen molar-refractivity contribution >= 4 is 15.7 Å². The summed E-state index contributed by atoms with van der Waals surface area (Å²) in [5.74, 6) is 0.181. The smallest absolute Gasteiger partial charge is 0.381 e. The Hall–Kier alpha value is -1.61. The Kier molecular flexibility index (Phi) is 6.88. The zero-order valence-electron chi connectivity index (χ0n) is 16.1. The van der Waals surface area contributed by atoms with E-state index in [4.69, 9.17) is 4.74 Å². The quantitative estimate of drug-likeness (QED) is 0.771. The lowest BCUT2D eigenvalue weighted by molar-refractivity contribution is -0.137. The third kappa shape index (κ3) is 5.51. The summed E-state index contributed by atoms with van der Waals surface area (Å²) in [4.78, 5) is 11.9. The van der Waals surface area contributed by atoms with Gasteiger partial charge in [-0.05, 0) is 62.6 Å². The normalized spacial score (nSPS) is 24.2. The molecule has 0 radical (unpaired) electrons. The van der Waals surface area contributed by atoms with E-state index in [1.165, 1.54) is 6.07 Å². The highest BCUT2D eigenvalue weighted by molar-refractivity contribution is 7.92. The standard InChI is InChI=1S/C20H26F3NO4S/c21-20(22,23)16-2-1-3-18(12-16)29(26,27)17-6-4-14(5-7-17)13-24-19(25)15-8-10-28-11-9-15/h1-3,12,14-15,17H,4-11,13H2,(H,24,25)/t14-,17+. The average Bonchev–Trinajstić information content (AvgIpc) is 2.72. The van der Waals surface area contributed by atoms with E-state index in [0.29, 0.717) is 58.3 Å². The molecule has 1 aliphatic heterocycles. The van der Waals surface area contributed by atoms with Crippen LogP contribution >= 0.6 is 0 Å². The summed E-state index contributed by atoms with van der Waals surface area (Å²) in [5.41, 5.74) is -0.955. The summed E-state index contributed by atoms with van der Waals surface area (Å²) in [6.45, 7) is 1.69. The molecule has 1 saturated carbocycles. The minimum Gasteiger partial charge on any atom is -0.381 e. The largest absolute Gasteiger partial charge is 0.416 e. The lowest BCUT2D eigenvalue weighted by atomic mass is 9.88. The van der Waals surface area contributed by atoms with Gasteiger partial charge >= 0.3 is 6.18 Å². The van der Waals surface area contributed by atoms with Gasteiger partial charge in [0.15, 0.2) is 9.84 Å². The lowest BCUT2D eigenvalue weighted by Gasteiger charge is -2.29. The van der Waals surface area contributed by atoms with Crippen LogP contribution in [0.4, 0.5) is 13.2 Å². The Morgan fingerprint density at radius 1 is 1.07 bits per heavy atom. The zero-order valence-corrected chi connectivity index (χ0v) is 16.9. The van der Waals surface area contributed by atoms with Crippen molar-refractivity contribution in [2.24, 2.45) is 11.8 Å². The molecule has 0 aromatic heterocycles. The summed E-state index contributed by atoms with van der Waals surface area (Å²) >= 11 is 0. The fourth-order valence-corrected chi connectivity index (χ4v) is 5.87. The highest BCUT2D eigenvalue weighted by Crippen LogP contribution is 2.35. The number of halogens is 3. The first-order chi connectivity index (χ1) is 13.7. The fourth-order valence-electron chi connectivity index (χ4n) is 4.04. The first-order valence-corrected chi connectivity index (χ1v) is 11.5. The second-order valence-corrected chi connectivity index (χ2v) is 10.1. The molecule has 2 aliphatic rings. The van der Waals surface area contributed by atoms with Crippen LogP contribution < -0.4 is 5.32 Å². The van der Waals surface area contributed by atoms with Crippen molar-refractivity contribution < 1.29 is 31.1 Å². The van der Waals surface area contributed by atoms with Crippen molar-refractivity contribution in [2.75, 3.05) is 19.8 Å². The molecule has 1 aromatic rings. The summed E-state index contributed by atoms with van der Waals surface area (Å²) in [6, 6.07) is 3.95. The van der Waals surface area contributed by atoms with Crippen LogP contribution in [0.1, 0.15) is 44.1 Å². The maximum Gasteiger partial charge on any atom is 0.416 e. The highest BCUT2D eigenvalue weighted by Gasteiger charge is 2.35. The second-order valence-electron chi connectivity index (χ2n) is 7.85. The second kappa shape index (κ2) is 9.04. The first kappa shape index (κ1) is 22.1. The molecule has 0 atom stereocenters. The van der Waals surface area contributed by atoms with E-state index in [9.17, 15) is 26.4 Å². The molecule has 29 heavy (non-hydrogen) atoms. The minimum atomic E-state index is -4.58. The Labute approximate surface area is 168 Å². The molecule has 0 bridgehead atoms. The predicted octanol–water partition coefficient (Wildman–Crippen LogP) is 3.58. The molecule has 1 aliphatic carbocycles. The van der Waals surface area contributed by atoms with Crippen LogP contribution in [0.15, 0.2) is 29.2 Å². The van der Waals surface area contributed by atoms with E-state index in [1.54, 1.807) is 0 Å². The van der Waals surface area contributed by atoms with E-state index in [1.807, 2.05) is 0 Å². The lowest BCUT2D eigenvalue weighted by Crippen LogP contribution is -2.38. The molecule has 2 fully saturated rings. The van der Waals surface area contributed by atoms with Crippen molar-refractivity contribution in [3.05, 3.63) is 29.8 Å². The minimum absolute atomic E-state index is 0.0204. The number of alkyl halides is 3. The van der Waals surface area contributed by atoms with Gasteiger partial charge in [-0.1, -0.05) is 6.07 Å². The van der Waals surface area contributed by atoms with Crippen molar-refractivity contribution in [1.82, 2.24) is 5.32 Å². The van der Waals surface area contributed by atoms with Crippen LogP contribution in [-0.2, 0) is 25.5 Å². The number of nitrogens with one attached hydrogen (secondary N) is 1. The van der Waals surface area contributed by atoms with Gasteiger partial charge in [0.2, 0.25) is 5.91 Å². The molecule has 0 unspecified atom stereocenters. The average molecular weight is 433 g/mol. The van der Waals surface area contributed by atoms with Crippen molar-refractivity contribution in [3.63, 3.8) is 0 Å². The van der Waals surface area contributed by atoms with Gasteiger partial charge in [0, 0.05) is 25.7 Å². The highest BCUT2D eigenvalue weighted by atomic mass is 32.2. The zero-order chi connectivity index (χ0) is 21.1. The van der Waals surface area contributed by atoms with Crippen molar-refractivity contribution in [3.8, 4) is 0 Å². The summed E-state index contributed by atoms with van der Waals surface area (Å²) in [6.07, 6.45) is -1.13. The van der Waals surface area contributed by atoms with Crippen molar-refractivity contribution in [2.45, 2.75) is 54.8 Å². The molecule has 1 saturated heterocycles. The van der Waals surface area contributed by atoms with Gasteiger partial charge in [0.05, 0.1) is 15.7 Å². The molecule has 1 aromatic carbocycles. The van der Waals surface area contributed by atoms with Crippen LogP contribution in [0.3, 0.4) is 0 Å². The number of carbonyl (C=O) groups excluding carboxylic acids is 1. The van der Waals surface area contributed by atoms with Gasteiger partial charge in [-0.3, -0.25) is 4.79 Å². The number of carbonyl (C=O) groups is 1. The molecule has 1 heterocycles. The first-order valence-electron chi connectivity index (χ1n) is 9.94. The van der Waals surface area contributed by atoms with Crippen LogP contribution in [0.5, 0.6) is 0 Å². The summed E-state index contributed by atoms with van der Waals surface area (Å²) in [5, 5.41) is 2.28. The SMILES string of the molecule is O=C(NC[C@H]1CC[C@@H](S(=O)(=O)c2cccc(C(F)(F)F)c2)CC1)C1CCOCC1. The van der Waals surface area contributed by atoms with E-state index in [0.717, 1.165) is 18.2 Å². The number of benzene rings is 1. The van der Waals surface area contributed by atoms with Crippen LogP contribution in [0.2, 0.25) is 0 Å². The topological polar surface area (TPSA) is 72.5 Å². The molecule has 1 N–H and O–H groups in total. The maximum absolute atomic E-state index is 12.9. The van der Waals surface area contributed by atoms with Gasteiger partial charge in [-0.15, -0.1) is 0 Å². The number of sulfone groups is 1. The third-order valence-corrected chi connectivity index (χ3v) is 8.14. The molecule has 3 rings (SSSR count). The maximum atomic E-state index is 12.9. The molecule has 1 amide bonds. The Morgan fingerprint density at radius 3 is 2.34 bits per heavy atom. The van der Waals surface area contributed by atoms with Crippen LogP contribution in [0.25, 0.3) is 0 Å². The van der Waals surface area contributed by atoms with Crippen molar-refractivity contribution in [1.29, 1.82) is 0 Å². The number of hydrogen-bond acceptors (Lipinski definition) is 4. The van der Waals surface area contributed by atoms with E-state index in [-0.39, 0.29) is 22.6 Å². The number of rotatable bonds is 5. The predicted molar refractivity (Wildman–Crippen MR) is 101 cm³/mol. The molecule has 9 heteroatoms. The molecular formula is C20H26F3NO4S. The monoisotopic (exact) mass is 433 g/mol. The van der Waals surface area contributed by atoms with E-state index < -0.39 is 26.8 Å². The molecule has 0 spiro atoms. The van der Waals surface area contributed by atoms with Gasteiger partial charge in [0.25, 0.3) is 0 Å². The summed E-state index contributed by atoms with van der Waals surface area (Å²) < 4.78 is 69.5. The molecule has 5 nitrogen and oxygen atoms in total. The van der Waals surface area contributed by atoms with Crippen LogP contribution in [-0.4, -0.2) is 39.3 Å². The van der Waals surface area contributed by atoms with Gasteiger partial charge < -0.3 is 10.1 Å².